The molecule has 58 valence electrons. The molecular weight excluding hydrogens is 138 g/mol. The van der Waals surface area contributed by atoms with Gasteiger partial charge in [-0.05, 0) is 26.2 Å². The number of allylic oxidation sites excluding steroid dienone is 2. The summed E-state index contributed by atoms with van der Waals surface area (Å²) in [5, 5.41) is 8.56. The van der Waals surface area contributed by atoms with Gasteiger partial charge in [0, 0.05) is 11.5 Å². The topological polar surface area (TPSA) is 40.9 Å². The molecular formula is C9H11NO. The standard InChI is InChI=1S/C9H11NO/c1-7(11)9-4-2-3-8(5-9)6-10/h3,9H,2,4-5H2,1H3. The first-order valence-corrected chi connectivity index (χ1v) is 3.83. The summed E-state index contributed by atoms with van der Waals surface area (Å²) < 4.78 is 0. The highest BCUT2D eigenvalue weighted by Crippen LogP contribution is 2.23. The number of rotatable bonds is 1. The Morgan fingerprint density at radius 2 is 2.55 bits per heavy atom. The maximum absolute atomic E-state index is 10.9. The third-order valence-corrected chi connectivity index (χ3v) is 2.09. The molecule has 1 aliphatic rings. The van der Waals surface area contributed by atoms with Gasteiger partial charge in [-0.3, -0.25) is 4.79 Å². The fourth-order valence-corrected chi connectivity index (χ4v) is 1.35. The molecule has 0 heterocycles. The summed E-state index contributed by atoms with van der Waals surface area (Å²) in [6.45, 7) is 1.60. The van der Waals surface area contributed by atoms with E-state index in [0.29, 0.717) is 6.42 Å². The summed E-state index contributed by atoms with van der Waals surface area (Å²) in [7, 11) is 0. The van der Waals surface area contributed by atoms with Crippen LogP contribution >= 0.6 is 0 Å². The van der Waals surface area contributed by atoms with Gasteiger partial charge in [0.25, 0.3) is 0 Å². The SMILES string of the molecule is CC(=O)C1CCC=C(C#N)C1. The first-order chi connectivity index (χ1) is 5.24. The molecule has 0 saturated carbocycles. The fourth-order valence-electron chi connectivity index (χ4n) is 1.35. The van der Waals surface area contributed by atoms with Crippen molar-refractivity contribution in [1.29, 1.82) is 5.26 Å². The third kappa shape index (κ3) is 1.91. The lowest BCUT2D eigenvalue weighted by molar-refractivity contribution is -0.120. The van der Waals surface area contributed by atoms with Crippen LogP contribution in [0.5, 0.6) is 0 Å². The summed E-state index contributed by atoms with van der Waals surface area (Å²) in [4.78, 5) is 10.9. The normalized spacial score (nSPS) is 23.6. The lowest BCUT2D eigenvalue weighted by atomic mass is 9.87. The first-order valence-electron chi connectivity index (χ1n) is 3.83. The van der Waals surface area contributed by atoms with Crippen molar-refractivity contribution in [2.75, 3.05) is 0 Å². The van der Waals surface area contributed by atoms with E-state index in [1.807, 2.05) is 6.08 Å². The summed E-state index contributed by atoms with van der Waals surface area (Å²) in [5.74, 6) is 0.320. The van der Waals surface area contributed by atoms with E-state index in [9.17, 15) is 4.79 Å². The Morgan fingerprint density at radius 3 is 3.09 bits per heavy atom. The average molecular weight is 149 g/mol. The summed E-state index contributed by atoms with van der Waals surface area (Å²) in [6.07, 6.45) is 4.39. The van der Waals surface area contributed by atoms with Gasteiger partial charge in [-0.1, -0.05) is 6.08 Å². The zero-order valence-corrected chi connectivity index (χ0v) is 6.63. The predicted octanol–water partition coefficient (Wildman–Crippen LogP) is 1.83. The predicted molar refractivity (Wildman–Crippen MR) is 41.7 cm³/mol. The highest BCUT2D eigenvalue weighted by molar-refractivity contribution is 5.78. The molecule has 0 bridgehead atoms. The minimum Gasteiger partial charge on any atom is -0.300 e. The number of nitriles is 1. The molecule has 0 aromatic rings. The van der Waals surface area contributed by atoms with Gasteiger partial charge in [-0.25, -0.2) is 0 Å². The molecule has 1 rings (SSSR count). The van der Waals surface area contributed by atoms with Crippen molar-refractivity contribution < 1.29 is 4.79 Å². The fraction of sp³-hybridized carbons (Fsp3) is 0.556. The number of nitrogens with zero attached hydrogens (tertiary/aromatic N) is 1. The zero-order valence-electron chi connectivity index (χ0n) is 6.63. The molecule has 1 atom stereocenters. The molecule has 0 radical (unpaired) electrons. The van der Waals surface area contributed by atoms with E-state index in [4.69, 9.17) is 5.26 Å². The number of ketones is 1. The summed E-state index contributed by atoms with van der Waals surface area (Å²) in [5.41, 5.74) is 0.774. The largest absolute Gasteiger partial charge is 0.300 e. The lowest BCUT2D eigenvalue weighted by Crippen LogP contribution is -2.14. The highest BCUT2D eigenvalue weighted by Gasteiger charge is 2.18. The average Bonchev–Trinajstić information content (AvgIpc) is 2.05. The zero-order chi connectivity index (χ0) is 8.27. The van der Waals surface area contributed by atoms with Crippen LogP contribution in [0, 0.1) is 17.2 Å². The van der Waals surface area contributed by atoms with E-state index in [1.165, 1.54) is 0 Å². The van der Waals surface area contributed by atoms with Crippen molar-refractivity contribution in [2.24, 2.45) is 5.92 Å². The third-order valence-electron chi connectivity index (χ3n) is 2.09. The van der Waals surface area contributed by atoms with Crippen molar-refractivity contribution in [1.82, 2.24) is 0 Å². The van der Waals surface area contributed by atoms with Gasteiger partial charge in [0.15, 0.2) is 0 Å². The first kappa shape index (κ1) is 8.00. The minimum atomic E-state index is 0.106. The van der Waals surface area contributed by atoms with Crippen LogP contribution in [-0.4, -0.2) is 5.78 Å². The van der Waals surface area contributed by atoms with Crippen molar-refractivity contribution in [3.05, 3.63) is 11.6 Å². The number of Topliss-reactive ketones (excluding diaryl/α,β-unsaturated/α-hetero) is 1. The molecule has 0 amide bonds. The highest BCUT2D eigenvalue weighted by atomic mass is 16.1. The van der Waals surface area contributed by atoms with Crippen molar-refractivity contribution >= 4 is 5.78 Å². The van der Waals surface area contributed by atoms with Gasteiger partial charge in [0.05, 0.1) is 6.07 Å². The van der Waals surface area contributed by atoms with E-state index < -0.39 is 0 Å². The summed E-state index contributed by atoms with van der Waals surface area (Å²) >= 11 is 0. The molecule has 1 aliphatic carbocycles. The number of hydrogen-bond donors (Lipinski definition) is 0. The van der Waals surface area contributed by atoms with Crippen LogP contribution in [0.4, 0.5) is 0 Å². The summed E-state index contributed by atoms with van der Waals surface area (Å²) in [6, 6.07) is 2.10. The van der Waals surface area contributed by atoms with Gasteiger partial charge in [0.2, 0.25) is 0 Å². The molecule has 0 spiro atoms. The Hall–Kier alpha value is -1.10. The van der Waals surface area contributed by atoms with Crippen LogP contribution in [0.25, 0.3) is 0 Å². The monoisotopic (exact) mass is 149 g/mol. The van der Waals surface area contributed by atoms with Crippen molar-refractivity contribution in [3.8, 4) is 6.07 Å². The number of hydrogen-bond acceptors (Lipinski definition) is 2. The Bertz CT molecular complexity index is 234. The second-order valence-corrected chi connectivity index (χ2v) is 2.93. The number of carbonyl (C=O) groups is 1. The van der Waals surface area contributed by atoms with Crippen LogP contribution in [0.15, 0.2) is 11.6 Å². The van der Waals surface area contributed by atoms with Crippen molar-refractivity contribution in [2.45, 2.75) is 26.2 Å². The van der Waals surface area contributed by atoms with Crippen LogP contribution in [0.1, 0.15) is 26.2 Å². The van der Waals surface area contributed by atoms with Gasteiger partial charge >= 0.3 is 0 Å². The second-order valence-electron chi connectivity index (χ2n) is 2.93. The Labute approximate surface area is 66.5 Å². The minimum absolute atomic E-state index is 0.106. The van der Waals surface area contributed by atoms with E-state index >= 15 is 0 Å². The van der Waals surface area contributed by atoms with Crippen molar-refractivity contribution in [3.63, 3.8) is 0 Å². The maximum atomic E-state index is 10.9. The van der Waals surface area contributed by atoms with E-state index in [2.05, 4.69) is 6.07 Å². The number of carbonyl (C=O) groups excluding carboxylic acids is 1. The molecule has 0 saturated heterocycles. The Kier molecular flexibility index (Phi) is 2.43. The van der Waals surface area contributed by atoms with Crippen LogP contribution in [0.2, 0.25) is 0 Å². The van der Waals surface area contributed by atoms with E-state index in [1.54, 1.807) is 6.92 Å². The molecule has 0 aromatic carbocycles. The van der Waals surface area contributed by atoms with Crippen LogP contribution in [0.3, 0.4) is 0 Å². The van der Waals surface area contributed by atoms with Gasteiger partial charge < -0.3 is 0 Å². The quantitative estimate of drug-likeness (QED) is 0.570. The molecule has 0 aliphatic heterocycles. The molecule has 0 fully saturated rings. The Morgan fingerprint density at radius 1 is 1.82 bits per heavy atom. The van der Waals surface area contributed by atoms with E-state index in [0.717, 1.165) is 18.4 Å². The van der Waals surface area contributed by atoms with Gasteiger partial charge in [-0.2, -0.15) is 5.26 Å². The molecule has 2 heteroatoms. The van der Waals surface area contributed by atoms with E-state index in [-0.39, 0.29) is 11.7 Å². The second kappa shape index (κ2) is 3.34. The molecule has 1 unspecified atom stereocenters. The maximum Gasteiger partial charge on any atom is 0.133 e. The van der Waals surface area contributed by atoms with Gasteiger partial charge in [0.1, 0.15) is 5.78 Å². The van der Waals surface area contributed by atoms with Crippen LogP contribution in [-0.2, 0) is 4.79 Å². The lowest BCUT2D eigenvalue weighted by Gasteiger charge is -2.15. The van der Waals surface area contributed by atoms with Crippen LogP contribution < -0.4 is 0 Å². The molecule has 2 nitrogen and oxygen atoms in total. The smallest absolute Gasteiger partial charge is 0.133 e. The Balaban J connectivity index is 2.62. The van der Waals surface area contributed by atoms with Gasteiger partial charge in [-0.15, -0.1) is 0 Å². The molecule has 0 aromatic heterocycles. The molecule has 0 N–H and O–H groups in total. The molecule has 11 heavy (non-hydrogen) atoms.